The molecule has 0 radical (unpaired) electrons. The quantitative estimate of drug-likeness (QED) is 0.740. The number of aromatic nitrogens is 2. The first kappa shape index (κ1) is 18.3. The first-order valence-corrected chi connectivity index (χ1v) is 9.54. The molecule has 1 aliphatic rings. The Bertz CT molecular complexity index is 1030. The Morgan fingerprint density at radius 2 is 2.04 bits per heavy atom. The van der Waals surface area contributed by atoms with Gasteiger partial charge in [-0.3, -0.25) is 4.79 Å². The Morgan fingerprint density at radius 3 is 2.82 bits per heavy atom. The van der Waals surface area contributed by atoms with Crippen LogP contribution in [0.4, 0.5) is 0 Å². The van der Waals surface area contributed by atoms with Gasteiger partial charge in [0.05, 0.1) is 19.9 Å². The van der Waals surface area contributed by atoms with Crippen molar-refractivity contribution in [2.24, 2.45) is 5.92 Å². The number of amides is 1. The number of hydrogen-bond acceptors (Lipinski definition) is 4. The number of aryl methyl sites for hydroxylation is 2. The van der Waals surface area contributed by atoms with Crippen LogP contribution >= 0.6 is 0 Å². The van der Waals surface area contributed by atoms with Gasteiger partial charge in [-0.1, -0.05) is 12.1 Å². The Labute approximate surface area is 164 Å². The Hall–Kier alpha value is -3.02. The smallest absolute Gasteiger partial charge is 0.223 e. The third-order valence-corrected chi connectivity index (χ3v) is 5.40. The molecule has 0 bridgehead atoms. The number of nitrogens with one attached hydrogen (secondary N) is 1. The van der Waals surface area contributed by atoms with E-state index in [4.69, 9.17) is 14.5 Å². The predicted octanol–water partition coefficient (Wildman–Crippen LogP) is 3.08. The van der Waals surface area contributed by atoms with Gasteiger partial charge in [-0.2, -0.15) is 0 Å². The molecule has 3 aromatic rings. The summed E-state index contributed by atoms with van der Waals surface area (Å²) in [7, 11) is 3.22. The van der Waals surface area contributed by atoms with Crippen molar-refractivity contribution < 1.29 is 14.3 Å². The van der Waals surface area contributed by atoms with E-state index in [0.717, 1.165) is 41.9 Å². The highest BCUT2D eigenvalue weighted by molar-refractivity contribution is 5.79. The van der Waals surface area contributed by atoms with Crippen LogP contribution in [-0.2, 0) is 24.2 Å². The topological polar surface area (TPSA) is 64.9 Å². The second-order valence-electron chi connectivity index (χ2n) is 7.29. The zero-order chi connectivity index (χ0) is 19.7. The summed E-state index contributed by atoms with van der Waals surface area (Å²) in [5.74, 6) is 1.40. The molecule has 2 heterocycles. The molecule has 1 atom stereocenters. The molecule has 1 aliphatic carbocycles. The van der Waals surface area contributed by atoms with Crippen molar-refractivity contribution in [3.8, 4) is 11.5 Å². The van der Waals surface area contributed by atoms with Gasteiger partial charge in [0.25, 0.3) is 0 Å². The van der Waals surface area contributed by atoms with Crippen molar-refractivity contribution in [1.82, 2.24) is 14.7 Å². The molecular formula is C22H25N3O3. The van der Waals surface area contributed by atoms with Gasteiger partial charge in [-0.25, -0.2) is 4.98 Å². The lowest BCUT2D eigenvalue weighted by Crippen LogP contribution is -2.34. The number of imidazole rings is 1. The van der Waals surface area contributed by atoms with E-state index in [1.165, 1.54) is 5.56 Å². The number of rotatable bonds is 5. The number of carbonyl (C=O) groups is 1. The highest BCUT2D eigenvalue weighted by Gasteiger charge is 2.28. The molecule has 6 nitrogen and oxygen atoms in total. The molecule has 4 rings (SSSR count). The van der Waals surface area contributed by atoms with Gasteiger partial charge in [-0.15, -0.1) is 0 Å². The van der Waals surface area contributed by atoms with Gasteiger partial charge in [0.2, 0.25) is 5.91 Å². The van der Waals surface area contributed by atoms with Crippen molar-refractivity contribution in [2.45, 2.75) is 32.7 Å². The molecule has 0 spiro atoms. The summed E-state index contributed by atoms with van der Waals surface area (Å²) >= 11 is 0. The number of nitrogens with zero attached hydrogens (tertiary/aromatic N) is 2. The fourth-order valence-electron chi connectivity index (χ4n) is 3.86. The molecular weight excluding hydrogens is 354 g/mol. The lowest BCUT2D eigenvalue weighted by atomic mass is 9.89. The summed E-state index contributed by atoms with van der Waals surface area (Å²) in [5, 5.41) is 3.07. The van der Waals surface area contributed by atoms with Crippen LogP contribution in [0.3, 0.4) is 0 Å². The normalized spacial score (nSPS) is 15.9. The van der Waals surface area contributed by atoms with Crippen molar-refractivity contribution in [3.63, 3.8) is 0 Å². The molecule has 1 amide bonds. The van der Waals surface area contributed by atoms with Crippen molar-refractivity contribution in [2.75, 3.05) is 14.2 Å². The molecule has 1 N–H and O–H groups in total. The number of benzene rings is 1. The lowest BCUT2D eigenvalue weighted by Gasteiger charge is -2.21. The second-order valence-corrected chi connectivity index (χ2v) is 7.29. The minimum atomic E-state index is -0.0342. The summed E-state index contributed by atoms with van der Waals surface area (Å²) in [6.45, 7) is 2.54. The molecule has 0 saturated heterocycles. The summed E-state index contributed by atoms with van der Waals surface area (Å²) in [6, 6.07) is 9.80. The van der Waals surface area contributed by atoms with Crippen LogP contribution in [0.1, 0.15) is 28.9 Å². The van der Waals surface area contributed by atoms with Crippen molar-refractivity contribution >= 4 is 11.6 Å². The van der Waals surface area contributed by atoms with Gasteiger partial charge in [-0.05, 0) is 49.1 Å². The van der Waals surface area contributed by atoms with Crippen molar-refractivity contribution in [3.05, 3.63) is 59.0 Å². The molecule has 146 valence electrons. The highest BCUT2D eigenvalue weighted by Crippen LogP contribution is 2.29. The minimum absolute atomic E-state index is 0.0342. The van der Waals surface area contributed by atoms with E-state index >= 15 is 0 Å². The van der Waals surface area contributed by atoms with Gasteiger partial charge in [0.1, 0.15) is 5.65 Å². The number of methoxy groups -OCH3 is 2. The second kappa shape index (κ2) is 7.54. The van der Waals surface area contributed by atoms with Crippen LogP contribution in [0.25, 0.3) is 5.65 Å². The number of fused-ring (bicyclic) bond motifs is 3. The third kappa shape index (κ3) is 3.42. The fraction of sp³-hybridized carbons (Fsp3) is 0.364. The number of hydrogen-bond donors (Lipinski definition) is 1. The fourth-order valence-corrected chi connectivity index (χ4v) is 3.86. The third-order valence-electron chi connectivity index (χ3n) is 5.40. The van der Waals surface area contributed by atoms with E-state index in [0.29, 0.717) is 18.0 Å². The van der Waals surface area contributed by atoms with Crippen molar-refractivity contribution in [1.29, 1.82) is 0 Å². The number of ether oxygens (including phenoxy) is 2. The maximum Gasteiger partial charge on any atom is 0.223 e. The molecule has 1 unspecified atom stereocenters. The summed E-state index contributed by atoms with van der Waals surface area (Å²) in [6.07, 6.45) is 4.49. The van der Waals surface area contributed by atoms with Crippen LogP contribution in [-0.4, -0.2) is 29.5 Å². The Balaban J connectivity index is 1.45. The Morgan fingerprint density at radius 1 is 1.21 bits per heavy atom. The van der Waals surface area contributed by atoms with Crippen LogP contribution in [0, 0.1) is 12.8 Å². The number of pyridine rings is 1. The van der Waals surface area contributed by atoms with E-state index in [1.54, 1.807) is 14.2 Å². The highest BCUT2D eigenvalue weighted by atomic mass is 16.5. The van der Waals surface area contributed by atoms with Gasteiger partial charge >= 0.3 is 0 Å². The van der Waals surface area contributed by atoms with E-state index < -0.39 is 0 Å². The van der Waals surface area contributed by atoms with E-state index in [9.17, 15) is 4.79 Å². The maximum atomic E-state index is 12.8. The standard InChI is InChI=1S/C22H25N3O3/c1-14-4-9-21-24-17-7-6-16(11-18(17)25(21)13-14)22(26)23-12-15-5-8-19(27-2)20(10-15)28-3/h4-5,8-10,13,16H,6-7,11-12H2,1-3H3,(H,23,26). The average Bonchev–Trinajstić information content (AvgIpc) is 3.08. The average molecular weight is 379 g/mol. The molecule has 0 aliphatic heterocycles. The maximum absolute atomic E-state index is 12.8. The molecule has 0 saturated carbocycles. The van der Waals surface area contributed by atoms with E-state index in [-0.39, 0.29) is 11.8 Å². The summed E-state index contributed by atoms with van der Waals surface area (Å²) in [4.78, 5) is 17.5. The van der Waals surface area contributed by atoms with Crippen LogP contribution in [0.15, 0.2) is 36.5 Å². The first-order valence-electron chi connectivity index (χ1n) is 9.54. The number of carbonyl (C=O) groups excluding carboxylic acids is 1. The SMILES string of the molecule is COc1ccc(CNC(=O)C2CCc3nc4ccc(C)cn4c3C2)cc1OC. The molecule has 28 heavy (non-hydrogen) atoms. The van der Waals surface area contributed by atoms with Crippen LogP contribution in [0.2, 0.25) is 0 Å². The monoisotopic (exact) mass is 379 g/mol. The van der Waals surface area contributed by atoms with Gasteiger partial charge < -0.3 is 19.2 Å². The lowest BCUT2D eigenvalue weighted by molar-refractivity contribution is -0.125. The zero-order valence-corrected chi connectivity index (χ0v) is 16.5. The molecule has 2 aromatic heterocycles. The van der Waals surface area contributed by atoms with Crippen LogP contribution < -0.4 is 14.8 Å². The predicted molar refractivity (Wildman–Crippen MR) is 107 cm³/mol. The minimum Gasteiger partial charge on any atom is -0.493 e. The summed E-state index contributed by atoms with van der Waals surface area (Å²) < 4.78 is 12.7. The zero-order valence-electron chi connectivity index (χ0n) is 16.5. The van der Waals surface area contributed by atoms with Gasteiger partial charge in [0.15, 0.2) is 11.5 Å². The van der Waals surface area contributed by atoms with E-state index in [1.807, 2.05) is 24.3 Å². The van der Waals surface area contributed by atoms with Crippen LogP contribution in [0.5, 0.6) is 11.5 Å². The molecule has 0 fully saturated rings. The molecule has 1 aromatic carbocycles. The summed E-state index contributed by atoms with van der Waals surface area (Å²) in [5.41, 5.74) is 5.41. The Kier molecular flexibility index (Phi) is 4.94. The first-order chi connectivity index (χ1) is 13.6. The van der Waals surface area contributed by atoms with Gasteiger partial charge in [0, 0.05) is 30.8 Å². The van der Waals surface area contributed by atoms with E-state index in [2.05, 4.69) is 28.9 Å². The molecule has 6 heteroatoms. The largest absolute Gasteiger partial charge is 0.493 e.